The molecule has 2 rings (SSSR count). The third kappa shape index (κ3) is 2.74. The monoisotopic (exact) mass is 256 g/mol. The van der Waals surface area contributed by atoms with Crippen molar-refractivity contribution in [1.82, 2.24) is 4.98 Å². The molecule has 0 aliphatic heterocycles. The van der Waals surface area contributed by atoms with Gasteiger partial charge in [-0.2, -0.15) is 16.7 Å². The Hall–Kier alpha value is -1.17. The molecule has 0 unspecified atom stereocenters. The first-order valence-electron chi connectivity index (χ1n) is 5.63. The molecular formula is C11H16N2O3S. The number of aromatic nitrogens is 1. The predicted molar refractivity (Wildman–Crippen MR) is 66.7 cm³/mol. The highest BCUT2D eigenvalue weighted by atomic mass is 32.2. The maximum absolute atomic E-state index is 10.6. The van der Waals surface area contributed by atoms with E-state index in [1.165, 1.54) is 25.7 Å². The number of anilines is 1. The lowest BCUT2D eigenvalue weighted by molar-refractivity contribution is 0.0690. The lowest BCUT2D eigenvalue weighted by Gasteiger charge is -2.26. The molecule has 94 valence electrons. The number of hydrogen-bond donors (Lipinski definition) is 2. The Bertz CT molecular complexity index is 399. The van der Waals surface area contributed by atoms with Crippen LogP contribution in [0, 0.1) is 0 Å². The van der Waals surface area contributed by atoms with E-state index in [0.717, 1.165) is 12.8 Å². The largest absolute Gasteiger partial charge is 0.476 e. The fourth-order valence-electron chi connectivity index (χ4n) is 2.16. The molecule has 0 bridgehead atoms. The van der Waals surface area contributed by atoms with Gasteiger partial charge in [0.15, 0.2) is 5.69 Å². The molecular weight excluding hydrogens is 240 g/mol. The highest BCUT2D eigenvalue weighted by Gasteiger charge is 2.33. The SMILES string of the molecule is CSC1(CNc2nc(C(=O)O)co2)CCCC1. The predicted octanol–water partition coefficient (Wildman–Crippen LogP) is 2.46. The molecule has 1 aliphatic carbocycles. The van der Waals surface area contributed by atoms with E-state index in [0.29, 0.717) is 6.01 Å². The molecule has 1 aliphatic rings. The third-order valence-electron chi connectivity index (χ3n) is 3.23. The highest BCUT2D eigenvalue weighted by molar-refractivity contribution is 8.00. The lowest BCUT2D eigenvalue weighted by Crippen LogP contribution is -2.30. The van der Waals surface area contributed by atoms with Gasteiger partial charge in [0.25, 0.3) is 6.01 Å². The number of carbonyl (C=O) groups is 1. The van der Waals surface area contributed by atoms with Crippen LogP contribution in [0.4, 0.5) is 6.01 Å². The summed E-state index contributed by atoms with van der Waals surface area (Å²) in [5.74, 6) is -1.07. The summed E-state index contributed by atoms with van der Waals surface area (Å²) in [6.07, 6.45) is 8.17. The Kier molecular flexibility index (Phi) is 3.61. The minimum absolute atomic E-state index is 0.0582. The van der Waals surface area contributed by atoms with Gasteiger partial charge in [-0.05, 0) is 19.1 Å². The van der Waals surface area contributed by atoms with E-state index in [9.17, 15) is 4.79 Å². The molecule has 1 aromatic heterocycles. The Balaban J connectivity index is 1.94. The molecule has 0 amide bonds. The van der Waals surface area contributed by atoms with Crippen molar-refractivity contribution in [1.29, 1.82) is 0 Å². The Morgan fingerprint density at radius 2 is 2.35 bits per heavy atom. The minimum Gasteiger partial charge on any atom is -0.476 e. The topological polar surface area (TPSA) is 75.4 Å². The van der Waals surface area contributed by atoms with E-state index >= 15 is 0 Å². The van der Waals surface area contributed by atoms with Crippen LogP contribution in [0.3, 0.4) is 0 Å². The summed E-state index contributed by atoms with van der Waals surface area (Å²) in [6, 6.07) is 0.294. The van der Waals surface area contributed by atoms with E-state index in [4.69, 9.17) is 9.52 Å². The van der Waals surface area contributed by atoms with Gasteiger partial charge in [-0.1, -0.05) is 12.8 Å². The summed E-state index contributed by atoms with van der Waals surface area (Å²) in [5, 5.41) is 11.8. The molecule has 17 heavy (non-hydrogen) atoms. The standard InChI is InChI=1S/C11H16N2O3S/c1-17-11(4-2-3-5-11)7-12-10-13-8(6-16-10)9(14)15/h6H,2-5,7H2,1H3,(H,12,13)(H,14,15). The van der Waals surface area contributed by atoms with Gasteiger partial charge < -0.3 is 14.8 Å². The Morgan fingerprint density at radius 1 is 1.65 bits per heavy atom. The second kappa shape index (κ2) is 5.00. The van der Waals surface area contributed by atoms with Gasteiger partial charge >= 0.3 is 5.97 Å². The smallest absolute Gasteiger partial charge is 0.357 e. The molecule has 1 fully saturated rings. The summed E-state index contributed by atoms with van der Waals surface area (Å²) in [4.78, 5) is 14.5. The van der Waals surface area contributed by atoms with E-state index in [1.807, 2.05) is 11.8 Å². The van der Waals surface area contributed by atoms with E-state index in [2.05, 4.69) is 16.6 Å². The van der Waals surface area contributed by atoms with Crippen LogP contribution < -0.4 is 5.32 Å². The maximum atomic E-state index is 10.6. The summed E-state index contributed by atoms with van der Waals surface area (Å²) in [7, 11) is 0. The zero-order chi connectivity index (χ0) is 12.3. The zero-order valence-electron chi connectivity index (χ0n) is 9.73. The fraction of sp³-hybridized carbons (Fsp3) is 0.636. The average Bonchev–Trinajstić information content (AvgIpc) is 2.96. The van der Waals surface area contributed by atoms with Crippen molar-refractivity contribution in [3.05, 3.63) is 12.0 Å². The van der Waals surface area contributed by atoms with Crippen molar-refractivity contribution in [2.75, 3.05) is 18.1 Å². The van der Waals surface area contributed by atoms with Crippen LogP contribution in [0.5, 0.6) is 0 Å². The average molecular weight is 256 g/mol. The number of aromatic carboxylic acids is 1. The van der Waals surface area contributed by atoms with E-state index in [-0.39, 0.29) is 10.4 Å². The van der Waals surface area contributed by atoms with Gasteiger partial charge in [0.1, 0.15) is 6.26 Å². The van der Waals surface area contributed by atoms with Crippen LogP contribution in [-0.4, -0.2) is 33.6 Å². The number of rotatable bonds is 5. The quantitative estimate of drug-likeness (QED) is 0.843. The highest BCUT2D eigenvalue weighted by Crippen LogP contribution is 2.40. The van der Waals surface area contributed by atoms with Crippen LogP contribution in [-0.2, 0) is 0 Å². The summed E-state index contributed by atoms with van der Waals surface area (Å²) < 4.78 is 5.31. The van der Waals surface area contributed by atoms with Gasteiger partial charge in [0.05, 0.1) is 0 Å². The molecule has 0 spiro atoms. The first kappa shape index (κ1) is 12.3. The van der Waals surface area contributed by atoms with Crippen molar-refractivity contribution in [3.8, 4) is 0 Å². The lowest BCUT2D eigenvalue weighted by atomic mass is 10.1. The molecule has 1 heterocycles. The second-order valence-corrected chi connectivity index (χ2v) is 5.57. The molecule has 2 N–H and O–H groups in total. The van der Waals surface area contributed by atoms with E-state index < -0.39 is 5.97 Å². The van der Waals surface area contributed by atoms with Gasteiger partial charge in [0, 0.05) is 11.3 Å². The summed E-state index contributed by atoms with van der Waals surface area (Å²) in [5.41, 5.74) is -0.0582. The zero-order valence-corrected chi connectivity index (χ0v) is 10.5. The van der Waals surface area contributed by atoms with Gasteiger partial charge in [-0.25, -0.2) is 4.79 Å². The summed E-state index contributed by atoms with van der Waals surface area (Å²) in [6.45, 7) is 0.772. The number of thioether (sulfide) groups is 1. The number of carboxylic acid groups (broad SMARTS) is 1. The van der Waals surface area contributed by atoms with Crippen LogP contribution in [0.15, 0.2) is 10.7 Å². The molecule has 0 aromatic carbocycles. The van der Waals surface area contributed by atoms with Crippen molar-refractivity contribution in [3.63, 3.8) is 0 Å². The number of hydrogen-bond acceptors (Lipinski definition) is 5. The van der Waals surface area contributed by atoms with Crippen LogP contribution in [0.1, 0.15) is 36.2 Å². The second-order valence-electron chi connectivity index (χ2n) is 4.29. The Morgan fingerprint density at radius 3 is 2.88 bits per heavy atom. The molecule has 1 aromatic rings. The first-order chi connectivity index (χ1) is 8.15. The number of carboxylic acids is 1. The van der Waals surface area contributed by atoms with Crippen molar-refractivity contribution < 1.29 is 14.3 Å². The van der Waals surface area contributed by atoms with Crippen molar-refractivity contribution in [2.24, 2.45) is 0 Å². The number of oxazole rings is 1. The third-order valence-corrected chi connectivity index (χ3v) is 4.65. The maximum Gasteiger partial charge on any atom is 0.357 e. The fourth-order valence-corrected chi connectivity index (χ4v) is 3.08. The number of nitrogens with one attached hydrogen (secondary N) is 1. The molecule has 1 saturated carbocycles. The van der Waals surface area contributed by atoms with Crippen molar-refractivity contribution in [2.45, 2.75) is 30.4 Å². The normalized spacial score (nSPS) is 18.2. The Labute approximate surface area is 104 Å². The summed E-state index contributed by atoms with van der Waals surface area (Å²) >= 11 is 1.86. The van der Waals surface area contributed by atoms with Crippen LogP contribution in [0.2, 0.25) is 0 Å². The van der Waals surface area contributed by atoms with Crippen molar-refractivity contribution >= 4 is 23.7 Å². The van der Waals surface area contributed by atoms with E-state index in [1.54, 1.807) is 0 Å². The van der Waals surface area contributed by atoms with Gasteiger partial charge in [-0.3, -0.25) is 0 Å². The molecule has 0 saturated heterocycles. The first-order valence-corrected chi connectivity index (χ1v) is 6.85. The van der Waals surface area contributed by atoms with Gasteiger partial charge in [-0.15, -0.1) is 0 Å². The molecule has 0 radical (unpaired) electrons. The number of nitrogens with zero attached hydrogens (tertiary/aromatic N) is 1. The minimum atomic E-state index is -1.07. The molecule has 5 nitrogen and oxygen atoms in total. The van der Waals surface area contributed by atoms with Crippen LogP contribution >= 0.6 is 11.8 Å². The van der Waals surface area contributed by atoms with Crippen LogP contribution in [0.25, 0.3) is 0 Å². The van der Waals surface area contributed by atoms with Gasteiger partial charge in [0.2, 0.25) is 0 Å². The molecule has 6 heteroatoms. The molecule has 0 atom stereocenters.